The number of nitroso groups, excluding NO2 is 1. The maximum Gasteiger partial charge on any atom is 2.00 e. The van der Waals surface area contributed by atoms with E-state index in [4.69, 9.17) is 4.74 Å². The molecular weight excluding hydrogens is 631 g/mol. The first-order valence-corrected chi connectivity index (χ1v) is 12.6. The van der Waals surface area contributed by atoms with Gasteiger partial charge in [-0.2, -0.15) is 5.92 Å². The van der Waals surface area contributed by atoms with Crippen molar-refractivity contribution in [1.82, 2.24) is 10.1 Å². The third-order valence-corrected chi connectivity index (χ3v) is 4.21. The molecule has 7 nitrogen and oxygen atoms in total. The van der Waals surface area contributed by atoms with Gasteiger partial charge in [-0.3, -0.25) is 9.79 Å². The van der Waals surface area contributed by atoms with Crippen LogP contribution < -0.4 is 0 Å². The molecule has 0 N–H and O–H groups in total. The smallest absolute Gasteiger partial charge is 0.460 e. The third kappa shape index (κ3) is 20.5. The number of nitrogens with zero attached hydrogens (tertiary/aromatic N) is 4. The summed E-state index contributed by atoms with van der Waals surface area (Å²) in [5, 5.41) is 6.09. The first-order chi connectivity index (χ1) is 16.4. The van der Waals surface area contributed by atoms with Gasteiger partial charge in [0.15, 0.2) is 0 Å². The SMILES string of the molecule is C=CC.C=CC1=NC(CC(=O)OC(C)(C)C)CN(N(CC)N=O)[CH-]C1C([CH2-])C.C=CCCC.CC.[Os+2]. The number of hydrogen-bond acceptors (Lipinski definition) is 6. The number of carbonyl (C=O) groups excluding carboxylic acids is 1. The van der Waals surface area contributed by atoms with Crippen LogP contribution in [0.5, 0.6) is 0 Å². The number of esters is 1. The van der Waals surface area contributed by atoms with Gasteiger partial charge in [-0.05, 0) is 41.0 Å². The summed E-state index contributed by atoms with van der Waals surface area (Å²) in [4.78, 5) is 28.0. The van der Waals surface area contributed by atoms with Crippen molar-refractivity contribution >= 4 is 11.7 Å². The first kappa shape index (κ1) is 41.5. The Balaban J connectivity index is -0.000000399. The van der Waals surface area contributed by atoms with Crippen molar-refractivity contribution in [3.63, 3.8) is 0 Å². The Morgan fingerprint density at radius 3 is 2.17 bits per heavy atom. The van der Waals surface area contributed by atoms with Crippen LogP contribution >= 0.6 is 0 Å². The second kappa shape index (κ2) is 25.0. The van der Waals surface area contributed by atoms with Crippen LogP contribution in [0, 0.1) is 30.2 Å². The van der Waals surface area contributed by atoms with E-state index in [2.05, 4.69) is 43.9 Å². The summed E-state index contributed by atoms with van der Waals surface area (Å²) in [6.07, 6.45) is 7.86. The van der Waals surface area contributed by atoms with Crippen molar-refractivity contribution in [3.05, 3.63) is 56.3 Å². The fraction of sp³-hybridized carbons (Fsp3) is 0.643. The van der Waals surface area contributed by atoms with E-state index in [1.54, 1.807) is 17.2 Å². The Morgan fingerprint density at radius 2 is 1.86 bits per heavy atom. The van der Waals surface area contributed by atoms with Crippen molar-refractivity contribution in [1.29, 1.82) is 0 Å². The number of rotatable bonds is 9. The Labute approximate surface area is 235 Å². The van der Waals surface area contributed by atoms with E-state index in [0.29, 0.717) is 13.1 Å². The standard InChI is InChI=1S/C18H30N4O3.C5H10.C3H6.C2H6.Os/c1-8-16-15(13(3)4)12-21(22(9-2)20-24)11-14(19-16)10-17(23)25-18(5,6)7;1-3-5-4-2;1-3-2;1-2;/h8,12-15H,1,3,9-11H2,2,4-7H3;3H,1,4-5H2,2H3;3H,1H2,2H3;1-2H3;/q-2;;;;+2. The summed E-state index contributed by atoms with van der Waals surface area (Å²) in [5.41, 5.74) is 0.198. The summed E-state index contributed by atoms with van der Waals surface area (Å²) in [5.74, 6) is -0.422. The molecule has 0 bridgehead atoms. The predicted octanol–water partition coefficient (Wildman–Crippen LogP) is 7.38. The van der Waals surface area contributed by atoms with Crippen LogP contribution in [0.2, 0.25) is 0 Å². The second-order valence-electron chi connectivity index (χ2n) is 8.73. The van der Waals surface area contributed by atoms with Gasteiger partial charge < -0.3 is 16.7 Å². The molecule has 0 aromatic heterocycles. The Kier molecular flexibility index (Phi) is 28.8. The number of hydrazine groups is 1. The molecule has 3 unspecified atom stereocenters. The molecule has 0 spiro atoms. The van der Waals surface area contributed by atoms with E-state index >= 15 is 0 Å². The molecule has 210 valence electrons. The number of carbonyl (C=O) groups is 1. The summed E-state index contributed by atoms with van der Waals surface area (Å²) >= 11 is 0. The average molecular weight is 683 g/mol. The van der Waals surface area contributed by atoms with Gasteiger partial charge in [0, 0.05) is 12.3 Å². The summed E-state index contributed by atoms with van der Waals surface area (Å²) in [6.45, 7) is 34.8. The molecule has 0 amide bonds. The molecule has 1 aliphatic rings. The van der Waals surface area contributed by atoms with E-state index in [9.17, 15) is 9.70 Å². The van der Waals surface area contributed by atoms with E-state index in [1.807, 2.05) is 68.0 Å². The normalized spacial score (nSPS) is 17.7. The zero-order valence-corrected chi connectivity index (χ0v) is 26.8. The number of ether oxygens (including phenoxy) is 1. The second-order valence-corrected chi connectivity index (χ2v) is 8.73. The van der Waals surface area contributed by atoms with Gasteiger partial charge in [-0.1, -0.05) is 58.9 Å². The van der Waals surface area contributed by atoms with Gasteiger partial charge in [0.1, 0.15) is 5.60 Å². The van der Waals surface area contributed by atoms with Crippen molar-refractivity contribution in [2.75, 3.05) is 13.1 Å². The molecule has 0 fully saturated rings. The number of aliphatic imine (C=N–C) groups is 1. The molecule has 8 heteroatoms. The third-order valence-electron chi connectivity index (χ3n) is 4.21. The molecule has 1 rings (SSSR count). The zero-order chi connectivity index (χ0) is 28.0. The van der Waals surface area contributed by atoms with Gasteiger partial charge in [-0.15, -0.1) is 24.0 Å². The number of unbranched alkanes of at least 4 members (excludes halogenated alkanes) is 1. The van der Waals surface area contributed by atoms with Crippen LogP contribution in [0.25, 0.3) is 0 Å². The maximum absolute atomic E-state index is 12.2. The van der Waals surface area contributed by atoms with E-state index in [0.717, 1.165) is 12.1 Å². The quantitative estimate of drug-likeness (QED) is 0.0834. The minimum atomic E-state index is -0.553. The van der Waals surface area contributed by atoms with Crippen molar-refractivity contribution in [3.8, 4) is 0 Å². The largest absolute Gasteiger partial charge is 2.00 e. The minimum absolute atomic E-state index is 0. The molecule has 0 aromatic rings. The summed E-state index contributed by atoms with van der Waals surface area (Å²) in [6, 6.07) is -0.362. The van der Waals surface area contributed by atoms with Crippen LogP contribution in [-0.2, 0) is 29.3 Å². The Bertz CT molecular complexity index is 631. The molecule has 3 atom stereocenters. The maximum atomic E-state index is 12.2. The fourth-order valence-corrected chi connectivity index (χ4v) is 2.85. The fourth-order valence-electron chi connectivity index (χ4n) is 2.85. The topological polar surface area (TPSA) is 74.6 Å². The van der Waals surface area contributed by atoms with Crippen molar-refractivity contribution < 1.29 is 29.3 Å². The molecule has 1 heterocycles. The summed E-state index contributed by atoms with van der Waals surface area (Å²) in [7, 11) is 0. The molecule has 1 aliphatic heterocycles. The monoisotopic (exact) mass is 684 g/mol. The number of allylic oxidation sites excluding steroid dienone is 3. The average Bonchev–Trinajstić information content (AvgIpc) is 2.96. The molecular formula is C28H52N4O3Os. The molecule has 0 radical (unpaired) electrons. The predicted molar refractivity (Wildman–Crippen MR) is 151 cm³/mol. The van der Waals surface area contributed by atoms with Gasteiger partial charge in [0.25, 0.3) is 0 Å². The van der Waals surface area contributed by atoms with Crippen LogP contribution in [0.15, 0.2) is 48.2 Å². The molecule has 36 heavy (non-hydrogen) atoms. The van der Waals surface area contributed by atoms with E-state index in [-0.39, 0.29) is 50.1 Å². The van der Waals surface area contributed by atoms with E-state index < -0.39 is 5.60 Å². The number of hydrogen-bond donors (Lipinski definition) is 0. The Morgan fingerprint density at radius 1 is 1.33 bits per heavy atom. The zero-order valence-electron chi connectivity index (χ0n) is 24.3. The molecule has 0 saturated carbocycles. The van der Waals surface area contributed by atoms with Gasteiger partial charge in [0.05, 0.1) is 24.3 Å². The van der Waals surface area contributed by atoms with E-state index in [1.165, 1.54) is 11.5 Å². The van der Waals surface area contributed by atoms with Crippen LogP contribution in [-0.4, -0.2) is 46.5 Å². The van der Waals surface area contributed by atoms with Crippen LogP contribution in [0.3, 0.4) is 0 Å². The van der Waals surface area contributed by atoms with Crippen LogP contribution in [0.1, 0.15) is 81.6 Å². The Hall–Kier alpha value is -1.64. The molecule has 0 aliphatic carbocycles. The minimum Gasteiger partial charge on any atom is -0.460 e. The van der Waals surface area contributed by atoms with Gasteiger partial charge >= 0.3 is 25.8 Å². The molecule has 0 saturated heterocycles. The van der Waals surface area contributed by atoms with Crippen molar-refractivity contribution in [2.24, 2.45) is 22.1 Å². The van der Waals surface area contributed by atoms with Gasteiger partial charge in [-0.25, -0.2) is 11.7 Å². The first-order valence-electron chi connectivity index (χ1n) is 12.6. The molecule has 0 aromatic carbocycles. The van der Waals surface area contributed by atoms with Crippen LogP contribution in [0.4, 0.5) is 0 Å². The summed E-state index contributed by atoms with van der Waals surface area (Å²) < 4.78 is 5.40. The van der Waals surface area contributed by atoms with Gasteiger partial charge in [0.2, 0.25) is 0 Å². The van der Waals surface area contributed by atoms with Crippen molar-refractivity contribution in [2.45, 2.75) is 93.2 Å².